The van der Waals surface area contributed by atoms with Gasteiger partial charge in [0.25, 0.3) is 0 Å². The Hall–Kier alpha value is -4.31. The molecule has 0 radical (unpaired) electrons. The molecule has 0 saturated heterocycles. The number of ether oxygens (including phenoxy) is 2. The number of rotatable bonds is 3. The van der Waals surface area contributed by atoms with Crippen LogP contribution in [-0.2, 0) is 4.79 Å². The zero-order valence-corrected chi connectivity index (χ0v) is 20.0. The van der Waals surface area contributed by atoms with Gasteiger partial charge in [-0.05, 0) is 53.8 Å². The van der Waals surface area contributed by atoms with Crippen molar-refractivity contribution >= 4 is 17.3 Å². The third-order valence-corrected chi connectivity index (χ3v) is 6.99. The minimum Gasteiger partial charge on any atom is -0.454 e. The number of carbonyl (C=O) groups is 1. The van der Waals surface area contributed by atoms with Crippen LogP contribution in [0.1, 0.15) is 38.2 Å². The highest BCUT2D eigenvalue weighted by Gasteiger charge is 2.46. The number of hydrogen-bond donors (Lipinski definition) is 0. The van der Waals surface area contributed by atoms with Crippen LogP contribution in [0, 0.1) is 22.6 Å². The largest absolute Gasteiger partial charge is 0.454 e. The molecule has 180 valence electrons. The van der Waals surface area contributed by atoms with Crippen molar-refractivity contribution in [2.75, 3.05) is 11.7 Å². The molecule has 6 nitrogen and oxygen atoms in total. The molecule has 3 heterocycles. The van der Waals surface area contributed by atoms with Crippen LogP contribution in [0.2, 0.25) is 0 Å². The number of fused-ring (bicyclic) bond motifs is 1. The third-order valence-electron chi connectivity index (χ3n) is 6.99. The van der Waals surface area contributed by atoms with Crippen molar-refractivity contribution in [1.29, 1.82) is 5.26 Å². The summed E-state index contributed by atoms with van der Waals surface area (Å²) in [6, 6.07) is 18.1. The Morgan fingerprint density at radius 2 is 1.78 bits per heavy atom. The summed E-state index contributed by atoms with van der Waals surface area (Å²) in [5.74, 6) is 0.631. The Morgan fingerprint density at radius 3 is 2.53 bits per heavy atom. The van der Waals surface area contributed by atoms with Crippen LogP contribution in [-0.4, -0.2) is 17.1 Å². The fraction of sp³-hybridized carbons (Fsp3) is 0.241. The molecule has 7 heteroatoms. The lowest BCUT2D eigenvalue weighted by Crippen LogP contribution is -2.40. The van der Waals surface area contributed by atoms with Crippen molar-refractivity contribution in [2.24, 2.45) is 5.41 Å². The number of carbonyl (C=O) groups excluding carboxylic acids is 1. The van der Waals surface area contributed by atoms with Crippen molar-refractivity contribution in [3.05, 3.63) is 95.2 Å². The van der Waals surface area contributed by atoms with Gasteiger partial charge in [-0.3, -0.25) is 9.69 Å². The highest BCUT2D eigenvalue weighted by atomic mass is 19.1. The normalized spacial score (nSPS) is 20.4. The Morgan fingerprint density at radius 1 is 1.03 bits per heavy atom. The van der Waals surface area contributed by atoms with E-state index in [0.29, 0.717) is 52.7 Å². The van der Waals surface area contributed by atoms with Crippen LogP contribution in [0.5, 0.6) is 11.5 Å². The molecule has 3 aromatic rings. The van der Waals surface area contributed by atoms with Gasteiger partial charge in [0.1, 0.15) is 11.6 Å². The zero-order chi connectivity index (χ0) is 25.0. The topological polar surface area (TPSA) is 67.5 Å². The van der Waals surface area contributed by atoms with E-state index in [2.05, 4.69) is 6.07 Å². The van der Waals surface area contributed by atoms with Crippen LogP contribution >= 0.6 is 0 Å². The van der Waals surface area contributed by atoms with E-state index in [4.69, 9.17) is 9.47 Å². The lowest BCUT2D eigenvalue weighted by molar-refractivity contribution is -0.118. The number of aromatic nitrogens is 1. The second-order valence-corrected chi connectivity index (χ2v) is 10.1. The first kappa shape index (κ1) is 22.2. The molecule has 1 aliphatic carbocycles. The van der Waals surface area contributed by atoms with Gasteiger partial charge in [-0.15, -0.1) is 0 Å². The van der Waals surface area contributed by atoms with Gasteiger partial charge >= 0.3 is 0 Å². The van der Waals surface area contributed by atoms with Crippen molar-refractivity contribution in [2.45, 2.75) is 32.6 Å². The van der Waals surface area contributed by atoms with Crippen LogP contribution in [0.3, 0.4) is 0 Å². The molecule has 0 spiro atoms. The fourth-order valence-corrected chi connectivity index (χ4v) is 5.51. The molecule has 2 aromatic carbocycles. The van der Waals surface area contributed by atoms with Crippen molar-refractivity contribution in [3.8, 4) is 17.6 Å². The van der Waals surface area contributed by atoms with Crippen LogP contribution in [0.15, 0.2) is 83.8 Å². The molecule has 0 saturated carbocycles. The fourth-order valence-electron chi connectivity index (χ4n) is 5.51. The van der Waals surface area contributed by atoms with E-state index in [9.17, 15) is 10.1 Å². The first-order valence-electron chi connectivity index (χ1n) is 11.9. The number of allylic oxidation sites excluding steroid dienone is 3. The SMILES string of the molecule is CC1(C)CC(=O)C2=C(C1)N(c1ccccc1F)C(n1cccc1)=C(C#N)[C@H]2c1ccc2c(c1)OCO2. The minimum absolute atomic E-state index is 0.0374. The van der Waals surface area contributed by atoms with Crippen molar-refractivity contribution in [3.63, 3.8) is 0 Å². The van der Waals surface area contributed by atoms with Gasteiger partial charge in [0.2, 0.25) is 6.79 Å². The lowest BCUT2D eigenvalue weighted by atomic mass is 9.68. The number of nitriles is 1. The summed E-state index contributed by atoms with van der Waals surface area (Å²) in [6.07, 6.45) is 4.56. The molecule has 6 rings (SSSR count). The molecular weight excluding hydrogens is 457 g/mol. The Bertz CT molecular complexity index is 1490. The van der Waals surface area contributed by atoms with Gasteiger partial charge in [0.15, 0.2) is 17.3 Å². The van der Waals surface area contributed by atoms with Gasteiger partial charge in [-0.25, -0.2) is 4.39 Å². The highest BCUT2D eigenvalue weighted by molar-refractivity contribution is 6.03. The minimum atomic E-state index is -0.622. The Kier molecular flexibility index (Phi) is 5.01. The number of hydrogen-bond acceptors (Lipinski definition) is 5. The molecule has 3 aliphatic rings. The second kappa shape index (κ2) is 8.13. The van der Waals surface area contributed by atoms with E-state index in [0.717, 1.165) is 5.56 Å². The van der Waals surface area contributed by atoms with E-state index in [-0.39, 0.29) is 18.0 Å². The number of Topliss-reactive ketones (excluding diaryl/α,β-unsaturated/α-hetero) is 1. The maximum atomic E-state index is 15.3. The van der Waals surface area contributed by atoms with Crippen molar-refractivity contribution in [1.82, 2.24) is 4.57 Å². The highest BCUT2D eigenvalue weighted by Crippen LogP contribution is 2.53. The van der Waals surface area contributed by atoms with E-state index in [1.807, 2.05) is 61.1 Å². The van der Waals surface area contributed by atoms with Gasteiger partial charge < -0.3 is 14.0 Å². The summed E-state index contributed by atoms with van der Waals surface area (Å²) in [6.45, 7) is 4.21. The predicted octanol–water partition coefficient (Wildman–Crippen LogP) is 6.00. The summed E-state index contributed by atoms with van der Waals surface area (Å²) in [5.41, 5.74) is 2.34. The number of para-hydroxylation sites is 1. The molecule has 0 N–H and O–H groups in total. The number of benzene rings is 2. The van der Waals surface area contributed by atoms with Crippen LogP contribution in [0.25, 0.3) is 5.82 Å². The van der Waals surface area contributed by atoms with Crippen molar-refractivity contribution < 1.29 is 18.7 Å². The summed E-state index contributed by atoms with van der Waals surface area (Å²) >= 11 is 0. The average Bonchev–Trinajstić information content (AvgIpc) is 3.54. The maximum Gasteiger partial charge on any atom is 0.231 e. The maximum absolute atomic E-state index is 15.3. The van der Waals surface area contributed by atoms with Crippen LogP contribution in [0.4, 0.5) is 10.1 Å². The smallest absolute Gasteiger partial charge is 0.231 e. The number of halogens is 1. The summed E-state index contributed by atoms with van der Waals surface area (Å²) in [5, 5.41) is 10.6. The van der Waals surface area contributed by atoms with E-state index in [1.54, 1.807) is 23.1 Å². The molecule has 0 amide bonds. The monoisotopic (exact) mass is 481 g/mol. The number of nitrogens with zero attached hydrogens (tertiary/aromatic N) is 3. The van der Waals surface area contributed by atoms with Gasteiger partial charge in [-0.2, -0.15) is 5.26 Å². The predicted molar refractivity (Wildman–Crippen MR) is 132 cm³/mol. The molecular formula is C29H24FN3O3. The first-order valence-corrected chi connectivity index (χ1v) is 11.9. The standard InChI is InChI=1S/C29H24FN3O3/c1-29(2)14-22-27(23(34)15-29)26(18-9-10-24-25(13-18)36-17-35-24)19(16-31)28(32-11-5-6-12-32)33(22)21-8-4-3-7-20(21)30/h3-13,26H,14-15,17H2,1-2H3/t26-/m1/s1. The molecule has 0 fully saturated rings. The average molecular weight is 482 g/mol. The first-order chi connectivity index (χ1) is 17.4. The molecule has 36 heavy (non-hydrogen) atoms. The van der Waals surface area contributed by atoms with E-state index < -0.39 is 11.7 Å². The van der Waals surface area contributed by atoms with E-state index in [1.165, 1.54) is 6.07 Å². The lowest BCUT2D eigenvalue weighted by Gasteiger charge is -2.44. The van der Waals surface area contributed by atoms with Gasteiger partial charge in [0.05, 0.1) is 23.2 Å². The molecule has 0 bridgehead atoms. The molecule has 2 aliphatic heterocycles. The molecule has 0 unspecified atom stereocenters. The molecule has 1 atom stereocenters. The summed E-state index contributed by atoms with van der Waals surface area (Å²) < 4.78 is 28.3. The number of anilines is 1. The van der Waals surface area contributed by atoms with Gasteiger partial charge in [-0.1, -0.05) is 32.0 Å². The van der Waals surface area contributed by atoms with Crippen LogP contribution < -0.4 is 14.4 Å². The second-order valence-electron chi connectivity index (χ2n) is 10.1. The zero-order valence-electron chi connectivity index (χ0n) is 20.0. The molecule has 1 aromatic heterocycles. The Balaban J connectivity index is 1.68. The quantitative estimate of drug-likeness (QED) is 0.459. The summed E-state index contributed by atoms with van der Waals surface area (Å²) in [4.78, 5) is 15.6. The number of ketones is 1. The Labute approximate surface area is 208 Å². The summed E-state index contributed by atoms with van der Waals surface area (Å²) in [7, 11) is 0. The van der Waals surface area contributed by atoms with Gasteiger partial charge in [0, 0.05) is 30.1 Å². The van der Waals surface area contributed by atoms with E-state index >= 15 is 4.39 Å². The third kappa shape index (κ3) is 3.41.